The van der Waals surface area contributed by atoms with Crippen molar-refractivity contribution in [2.24, 2.45) is 0 Å². The zero-order valence-electron chi connectivity index (χ0n) is 11.2. The molecule has 5 heteroatoms. The first-order chi connectivity index (χ1) is 8.22. The summed E-state index contributed by atoms with van der Waals surface area (Å²) in [5.41, 5.74) is -1.30. The zero-order valence-corrected chi connectivity index (χ0v) is 12.2. The Hall–Kier alpha value is -1.38. The molecule has 0 aromatic heterocycles. The Kier molecular flexibility index (Phi) is 2.76. The third-order valence-corrected chi connectivity index (χ3v) is 4.27. The highest BCUT2D eigenvalue weighted by Crippen LogP contribution is 2.38. The third-order valence-electron chi connectivity index (χ3n) is 3.32. The SMILES string of the molecule is CN1C(=O)CC12C=CC(C#N)(O[Si](C)(C)C)C=C2. The molecule has 0 radical (unpaired) electrons. The van der Waals surface area contributed by atoms with Crippen LogP contribution in [0.15, 0.2) is 24.3 Å². The molecular weight excluding hydrogens is 244 g/mol. The topological polar surface area (TPSA) is 53.3 Å². The number of carbonyl (C=O) groups excluding carboxylic acids is 1. The van der Waals surface area contributed by atoms with Crippen molar-refractivity contribution in [1.82, 2.24) is 4.90 Å². The molecule has 0 bridgehead atoms. The molecule has 0 saturated carbocycles. The standard InChI is InChI=1S/C13H18N2O2Si/c1-15-11(16)9-12(15)5-7-13(10-14,8-6-12)17-18(2,3)4/h5-8H,9H2,1-4H3. The zero-order chi connectivity index (χ0) is 13.6. The van der Waals surface area contributed by atoms with Gasteiger partial charge < -0.3 is 9.33 Å². The maximum atomic E-state index is 11.3. The van der Waals surface area contributed by atoms with Crippen LogP contribution in [-0.2, 0) is 9.22 Å². The van der Waals surface area contributed by atoms with Gasteiger partial charge in [-0.3, -0.25) is 4.79 Å². The maximum absolute atomic E-state index is 11.3. The number of likely N-dealkylation sites (tertiary alicyclic amines) is 1. The molecular formula is C13H18N2O2Si. The molecule has 2 aliphatic rings. The predicted molar refractivity (Wildman–Crippen MR) is 71.2 cm³/mol. The van der Waals surface area contributed by atoms with E-state index in [1.165, 1.54) is 0 Å². The Morgan fingerprint density at radius 1 is 1.33 bits per heavy atom. The quantitative estimate of drug-likeness (QED) is 0.433. The van der Waals surface area contributed by atoms with Crippen LogP contribution in [0.3, 0.4) is 0 Å². The van der Waals surface area contributed by atoms with Crippen LogP contribution in [0.2, 0.25) is 19.6 Å². The summed E-state index contributed by atoms with van der Waals surface area (Å²) in [6, 6.07) is 2.22. The number of rotatable bonds is 2. The average Bonchev–Trinajstić information content (AvgIpc) is 2.30. The van der Waals surface area contributed by atoms with Crippen LogP contribution in [0, 0.1) is 11.3 Å². The summed E-state index contributed by atoms with van der Waals surface area (Å²) >= 11 is 0. The van der Waals surface area contributed by atoms with Gasteiger partial charge in [0.2, 0.25) is 5.91 Å². The Labute approximate surface area is 109 Å². The van der Waals surface area contributed by atoms with E-state index in [-0.39, 0.29) is 11.4 Å². The molecule has 1 spiro atoms. The second-order valence-corrected chi connectivity index (χ2v) is 10.3. The number of amides is 1. The average molecular weight is 262 g/mol. The highest BCUT2D eigenvalue weighted by molar-refractivity contribution is 6.69. The van der Waals surface area contributed by atoms with Gasteiger partial charge in [0.15, 0.2) is 13.9 Å². The summed E-state index contributed by atoms with van der Waals surface area (Å²) in [5, 5.41) is 9.35. The van der Waals surface area contributed by atoms with Gasteiger partial charge in [0, 0.05) is 7.05 Å². The van der Waals surface area contributed by atoms with Crippen molar-refractivity contribution in [3.8, 4) is 6.07 Å². The fourth-order valence-electron chi connectivity index (χ4n) is 2.28. The summed E-state index contributed by atoms with van der Waals surface area (Å²) in [5.74, 6) is 0.125. The van der Waals surface area contributed by atoms with E-state index in [9.17, 15) is 10.1 Å². The number of nitrogens with zero attached hydrogens (tertiary/aromatic N) is 2. The molecule has 0 aromatic rings. The first-order valence-electron chi connectivity index (χ1n) is 6.01. The van der Waals surface area contributed by atoms with Crippen LogP contribution in [0.5, 0.6) is 0 Å². The Balaban J connectivity index is 2.22. The van der Waals surface area contributed by atoms with Gasteiger partial charge in [-0.1, -0.05) is 12.2 Å². The van der Waals surface area contributed by atoms with Crippen molar-refractivity contribution in [2.45, 2.75) is 37.2 Å². The summed E-state index contributed by atoms with van der Waals surface area (Å²) in [6.07, 6.45) is 7.88. The van der Waals surface area contributed by atoms with Crippen LogP contribution in [-0.4, -0.2) is 37.3 Å². The van der Waals surface area contributed by atoms with Gasteiger partial charge in [0.05, 0.1) is 12.0 Å². The molecule has 1 saturated heterocycles. The van der Waals surface area contributed by atoms with Gasteiger partial charge in [-0.15, -0.1) is 0 Å². The van der Waals surface area contributed by atoms with E-state index in [0.717, 1.165) is 0 Å². The minimum atomic E-state index is -1.81. The van der Waals surface area contributed by atoms with Crippen molar-refractivity contribution < 1.29 is 9.22 Å². The first-order valence-corrected chi connectivity index (χ1v) is 9.42. The van der Waals surface area contributed by atoms with E-state index in [1.807, 2.05) is 12.2 Å². The van der Waals surface area contributed by atoms with Crippen molar-refractivity contribution in [1.29, 1.82) is 5.26 Å². The van der Waals surface area contributed by atoms with Crippen LogP contribution in [0.4, 0.5) is 0 Å². The summed E-state index contributed by atoms with van der Waals surface area (Å²) in [4.78, 5) is 13.0. The van der Waals surface area contributed by atoms with E-state index in [4.69, 9.17) is 4.43 Å². The van der Waals surface area contributed by atoms with E-state index in [2.05, 4.69) is 25.7 Å². The summed E-state index contributed by atoms with van der Waals surface area (Å²) in [6.45, 7) is 6.16. The first kappa shape index (κ1) is 13.1. The molecule has 96 valence electrons. The number of nitriles is 1. The molecule has 18 heavy (non-hydrogen) atoms. The maximum Gasteiger partial charge on any atom is 0.226 e. The molecule has 0 N–H and O–H groups in total. The molecule has 0 atom stereocenters. The largest absolute Gasteiger partial charge is 0.394 e. The van der Waals surface area contributed by atoms with Gasteiger partial charge in [-0.25, -0.2) is 0 Å². The smallest absolute Gasteiger partial charge is 0.226 e. The molecule has 1 amide bonds. The molecule has 1 aliphatic carbocycles. The molecule has 0 unspecified atom stereocenters. The van der Waals surface area contributed by atoms with Crippen molar-refractivity contribution in [2.75, 3.05) is 7.05 Å². The van der Waals surface area contributed by atoms with Gasteiger partial charge in [0.1, 0.15) is 6.07 Å². The predicted octanol–water partition coefficient (Wildman–Crippen LogP) is 1.83. The minimum Gasteiger partial charge on any atom is -0.394 e. The number of hydrogen-bond acceptors (Lipinski definition) is 3. The Bertz CT molecular complexity index is 468. The molecule has 0 aromatic carbocycles. The lowest BCUT2D eigenvalue weighted by atomic mass is 9.78. The minimum absolute atomic E-state index is 0.125. The second-order valence-electron chi connectivity index (χ2n) is 5.91. The van der Waals surface area contributed by atoms with Crippen LogP contribution in [0.25, 0.3) is 0 Å². The van der Waals surface area contributed by atoms with E-state index in [0.29, 0.717) is 6.42 Å². The molecule has 1 fully saturated rings. The number of β-lactam (4-membered cyclic amide) rings is 1. The lowest BCUT2D eigenvalue weighted by Gasteiger charge is -2.48. The number of hydrogen-bond donors (Lipinski definition) is 0. The van der Waals surface area contributed by atoms with Crippen molar-refractivity contribution in [3.05, 3.63) is 24.3 Å². The monoisotopic (exact) mass is 262 g/mol. The van der Waals surface area contributed by atoms with Gasteiger partial charge >= 0.3 is 0 Å². The fourth-order valence-corrected chi connectivity index (χ4v) is 3.48. The van der Waals surface area contributed by atoms with Gasteiger partial charge in [-0.05, 0) is 31.8 Å². The molecule has 1 aliphatic heterocycles. The Morgan fingerprint density at radius 3 is 2.22 bits per heavy atom. The number of likely N-dealkylation sites (N-methyl/N-ethyl adjacent to an activating group) is 1. The van der Waals surface area contributed by atoms with E-state index in [1.54, 1.807) is 24.1 Å². The lowest BCUT2D eigenvalue weighted by molar-refractivity contribution is -0.146. The lowest BCUT2D eigenvalue weighted by Crippen LogP contribution is -2.60. The summed E-state index contributed by atoms with van der Waals surface area (Å²) in [7, 11) is -0.0355. The molecule has 4 nitrogen and oxygen atoms in total. The molecule has 1 heterocycles. The number of carbonyl (C=O) groups is 1. The summed E-state index contributed by atoms with van der Waals surface area (Å²) < 4.78 is 5.94. The normalized spacial score (nSPS) is 34.6. The van der Waals surface area contributed by atoms with Crippen LogP contribution >= 0.6 is 0 Å². The molecule has 2 rings (SSSR count). The van der Waals surface area contributed by atoms with Crippen molar-refractivity contribution >= 4 is 14.2 Å². The van der Waals surface area contributed by atoms with Gasteiger partial charge in [0.25, 0.3) is 0 Å². The fraction of sp³-hybridized carbons (Fsp3) is 0.538. The third kappa shape index (κ3) is 2.02. The van der Waals surface area contributed by atoms with E-state index >= 15 is 0 Å². The highest BCUT2D eigenvalue weighted by atomic mass is 28.4. The second kappa shape index (κ2) is 3.80. The Morgan fingerprint density at radius 2 is 1.89 bits per heavy atom. The van der Waals surface area contributed by atoms with Gasteiger partial charge in [-0.2, -0.15) is 5.26 Å². The van der Waals surface area contributed by atoms with Crippen LogP contribution in [0.1, 0.15) is 6.42 Å². The van der Waals surface area contributed by atoms with Crippen molar-refractivity contribution in [3.63, 3.8) is 0 Å². The van der Waals surface area contributed by atoms with E-state index < -0.39 is 13.9 Å². The van der Waals surface area contributed by atoms with Crippen LogP contribution < -0.4 is 0 Å². The highest BCUT2D eigenvalue weighted by Gasteiger charge is 2.48.